The molecule has 5 aromatic carbocycles. The van der Waals surface area contributed by atoms with E-state index >= 15 is 0 Å². The number of carbonyl (C=O) groups is 2. The van der Waals surface area contributed by atoms with Crippen LogP contribution in [0.4, 0.5) is 0 Å². The zero-order valence-electron chi connectivity index (χ0n) is 26.7. The molecule has 2 heterocycles. The Morgan fingerprint density at radius 3 is 1.00 bits per heavy atom. The van der Waals surface area contributed by atoms with Crippen LogP contribution in [0.15, 0.2) is 168 Å². The van der Waals surface area contributed by atoms with Crippen molar-refractivity contribution >= 4 is 11.9 Å². The first kappa shape index (κ1) is 30.8. The van der Waals surface area contributed by atoms with Crippen LogP contribution in [0.25, 0.3) is 0 Å². The van der Waals surface area contributed by atoms with Gasteiger partial charge in [-0.05, 0) is 38.1 Å². The number of ether oxygens (including phenoxy) is 4. The van der Waals surface area contributed by atoms with Crippen LogP contribution in [0.5, 0.6) is 11.5 Å². The van der Waals surface area contributed by atoms with Crippen molar-refractivity contribution in [3.05, 3.63) is 191 Å². The summed E-state index contributed by atoms with van der Waals surface area (Å²) < 4.78 is 24.6. The van der Waals surface area contributed by atoms with Crippen molar-refractivity contribution in [2.75, 3.05) is 0 Å². The average Bonchev–Trinajstić information content (AvgIpc) is 3.69. The van der Waals surface area contributed by atoms with Gasteiger partial charge in [-0.1, -0.05) is 121 Å². The first-order valence-electron chi connectivity index (χ1n) is 15.9. The van der Waals surface area contributed by atoms with Gasteiger partial charge in [0.2, 0.25) is 0 Å². The number of carbonyl (C=O) groups excluding carboxylic acids is 2. The standard InChI is InChI=1S/C42H34O6/c1-29-37(27-41(47-29,31-15-7-3-8-16-31)32-17-9-4-10-18-32)39(43)45-35-23-25-36(26-24-35)46-40(44)38-28-42(48-30(38)2,33-19-11-5-12-20-33)34-21-13-6-14-22-34/h3-26H,27-28H2,1-2H3. The molecule has 238 valence electrons. The van der Waals surface area contributed by atoms with E-state index in [-0.39, 0.29) is 0 Å². The van der Waals surface area contributed by atoms with E-state index in [4.69, 9.17) is 18.9 Å². The van der Waals surface area contributed by atoms with E-state index in [1.165, 1.54) is 0 Å². The highest BCUT2D eigenvalue weighted by molar-refractivity contribution is 5.92. The third-order valence-corrected chi connectivity index (χ3v) is 9.05. The molecule has 0 aromatic heterocycles. The molecule has 0 atom stereocenters. The summed E-state index contributed by atoms with van der Waals surface area (Å²) in [6, 6.07) is 46.0. The lowest BCUT2D eigenvalue weighted by molar-refractivity contribution is -0.131. The van der Waals surface area contributed by atoms with Crippen LogP contribution in [0.1, 0.15) is 48.9 Å². The van der Waals surface area contributed by atoms with Crippen molar-refractivity contribution in [1.82, 2.24) is 0 Å². The van der Waals surface area contributed by atoms with Crippen LogP contribution in [-0.2, 0) is 30.3 Å². The molecule has 0 fully saturated rings. The molecule has 0 aliphatic carbocycles. The Hall–Kier alpha value is -5.88. The van der Waals surface area contributed by atoms with Gasteiger partial charge in [-0.2, -0.15) is 0 Å². The van der Waals surface area contributed by atoms with Crippen LogP contribution in [-0.4, -0.2) is 11.9 Å². The van der Waals surface area contributed by atoms with Crippen LogP contribution >= 0.6 is 0 Å². The molecule has 48 heavy (non-hydrogen) atoms. The fourth-order valence-electron chi connectivity index (χ4n) is 6.62. The summed E-state index contributed by atoms with van der Waals surface area (Å²) in [6.07, 6.45) is 0.650. The van der Waals surface area contributed by atoms with Crippen molar-refractivity contribution in [3.63, 3.8) is 0 Å². The summed E-state index contributed by atoms with van der Waals surface area (Å²) >= 11 is 0. The predicted molar refractivity (Wildman–Crippen MR) is 182 cm³/mol. The van der Waals surface area contributed by atoms with Crippen molar-refractivity contribution < 1.29 is 28.5 Å². The summed E-state index contributed by atoms with van der Waals surface area (Å²) in [5.41, 5.74) is 3.05. The minimum Gasteiger partial charge on any atom is -0.482 e. The first-order valence-corrected chi connectivity index (χ1v) is 15.9. The van der Waals surface area contributed by atoms with Gasteiger partial charge in [0.25, 0.3) is 0 Å². The highest BCUT2D eigenvalue weighted by Gasteiger charge is 2.46. The number of allylic oxidation sites excluding steroid dienone is 2. The Balaban J connectivity index is 1.05. The van der Waals surface area contributed by atoms with Gasteiger partial charge < -0.3 is 18.9 Å². The van der Waals surface area contributed by atoms with Gasteiger partial charge in [-0.15, -0.1) is 0 Å². The summed E-state index contributed by atoms with van der Waals surface area (Å²) in [7, 11) is 0. The second-order valence-electron chi connectivity index (χ2n) is 12.0. The fourth-order valence-corrected chi connectivity index (χ4v) is 6.62. The molecule has 0 saturated carbocycles. The van der Waals surface area contributed by atoms with Crippen molar-refractivity contribution in [3.8, 4) is 11.5 Å². The molecule has 2 aliphatic heterocycles. The SMILES string of the molecule is CC1=C(C(=O)Oc2ccc(OC(=O)C3=C(C)OC(c4ccccc4)(c4ccccc4)C3)cc2)CC(c2ccccc2)(c2ccccc2)O1. The quantitative estimate of drug-likeness (QED) is 0.126. The minimum atomic E-state index is -0.839. The lowest BCUT2D eigenvalue weighted by atomic mass is 9.82. The zero-order chi connectivity index (χ0) is 33.1. The van der Waals surface area contributed by atoms with E-state index in [1.54, 1.807) is 38.1 Å². The molecule has 7 rings (SSSR count). The monoisotopic (exact) mass is 634 g/mol. The van der Waals surface area contributed by atoms with E-state index in [0.717, 1.165) is 22.3 Å². The molecule has 2 aliphatic rings. The third kappa shape index (κ3) is 5.66. The maximum absolute atomic E-state index is 13.5. The molecule has 0 bridgehead atoms. The Kier molecular flexibility index (Phi) is 8.15. The Bertz CT molecular complexity index is 1770. The van der Waals surface area contributed by atoms with E-state index in [1.807, 2.05) is 121 Å². The van der Waals surface area contributed by atoms with Crippen molar-refractivity contribution in [2.24, 2.45) is 0 Å². The number of hydrogen-bond donors (Lipinski definition) is 0. The van der Waals surface area contributed by atoms with Crippen LogP contribution < -0.4 is 9.47 Å². The van der Waals surface area contributed by atoms with Gasteiger partial charge in [0.1, 0.15) is 23.0 Å². The number of benzene rings is 5. The highest BCUT2D eigenvalue weighted by atomic mass is 16.6. The molecule has 6 heteroatoms. The smallest absolute Gasteiger partial charge is 0.342 e. The zero-order valence-corrected chi connectivity index (χ0v) is 26.7. The molecule has 0 N–H and O–H groups in total. The Morgan fingerprint density at radius 1 is 0.458 bits per heavy atom. The second-order valence-corrected chi connectivity index (χ2v) is 12.0. The largest absolute Gasteiger partial charge is 0.482 e. The summed E-state index contributed by atoms with van der Waals surface area (Å²) in [6.45, 7) is 3.58. The van der Waals surface area contributed by atoms with E-state index in [9.17, 15) is 9.59 Å². The fraction of sp³-hybridized carbons (Fsp3) is 0.143. The lowest BCUT2D eigenvalue weighted by Gasteiger charge is -2.31. The molecular weight excluding hydrogens is 600 g/mol. The van der Waals surface area contributed by atoms with Gasteiger partial charge >= 0.3 is 11.9 Å². The molecule has 0 unspecified atom stereocenters. The maximum atomic E-state index is 13.5. The molecule has 0 radical (unpaired) electrons. The lowest BCUT2D eigenvalue weighted by Crippen LogP contribution is -2.28. The predicted octanol–water partition coefficient (Wildman–Crippen LogP) is 8.77. The van der Waals surface area contributed by atoms with E-state index < -0.39 is 23.1 Å². The molecule has 0 amide bonds. The van der Waals surface area contributed by atoms with Crippen LogP contribution in [0.3, 0.4) is 0 Å². The first-order chi connectivity index (χ1) is 23.4. The minimum absolute atomic E-state index is 0.323. The Labute approximate surface area is 279 Å². The highest BCUT2D eigenvalue weighted by Crippen LogP contribution is 2.48. The van der Waals surface area contributed by atoms with E-state index in [2.05, 4.69) is 0 Å². The van der Waals surface area contributed by atoms with E-state index in [0.29, 0.717) is 47.0 Å². The topological polar surface area (TPSA) is 71.1 Å². The molecule has 5 aromatic rings. The van der Waals surface area contributed by atoms with Crippen LogP contribution in [0.2, 0.25) is 0 Å². The van der Waals surface area contributed by atoms with Gasteiger partial charge in [0, 0.05) is 35.1 Å². The average molecular weight is 635 g/mol. The van der Waals surface area contributed by atoms with Gasteiger partial charge in [-0.3, -0.25) is 0 Å². The van der Waals surface area contributed by atoms with Gasteiger partial charge in [0.15, 0.2) is 11.2 Å². The summed E-state index contributed by atoms with van der Waals surface area (Å²) in [5.74, 6) is 0.694. The molecule has 0 spiro atoms. The molecule has 0 saturated heterocycles. The molecular formula is C42H34O6. The normalized spacial score (nSPS) is 16.2. The van der Waals surface area contributed by atoms with Crippen molar-refractivity contribution in [2.45, 2.75) is 37.9 Å². The summed E-state index contributed by atoms with van der Waals surface area (Å²) in [4.78, 5) is 27.0. The Morgan fingerprint density at radius 2 is 0.729 bits per heavy atom. The maximum Gasteiger partial charge on any atom is 0.342 e. The van der Waals surface area contributed by atoms with Gasteiger partial charge in [0.05, 0.1) is 11.1 Å². The summed E-state index contributed by atoms with van der Waals surface area (Å²) in [5, 5.41) is 0. The second kappa shape index (κ2) is 12.7. The van der Waals surface area contributed by atoms with Gasteiger partial charge in [-0.25, -0.2) is 9.59 Å². The molecule has 6 nitrogen and oxygen atoms in total. The number of hydrogen-bond acceptors (Lipinski definition) is 6. The van der Waals surface area contributed by atoms with Crippen LogP contribution in [0, 0.1) is 0 Å². The van der Waals surface area contributed by atoms with Crippen molar-refractivity contribution in [1.29, 1.82) is 0 Å². The number of rotatable bonds is 8. The number of esters is 2. The third-order valence-electron chi connectivity index (χ3n) is 9.05.